The number of aryl methyl sites for hydroxylation is 1. The fourth-order valence-corrected chi connectivity index (χ4v) is 1.89. The molecular formula is C10H9ClN2O. The summed E-state index contributed by atoms with van der Waals surface area (Å²) in [4.78, 5) is 11.4. The standard InChI is InChI=1S/C10H9ClN2O/c1-4-3-6-7(8(11)5(4)2)9(12)13-10(6)14/h3H,1-2H3,(H2,12,13,14). The summed E-state index contributed by atoms with van der Waals surface area (Å²) in [5.41, 5.74) is 2.92. The summed E-state index contributed by atoms with van der Waals surface area (Å²) < 4.78 is 0. The summed E-state index contributed by atoms with van der Waals surface area (Å²) in [6, 6.07) is 1.77. The lowest BCUT2D eigenvalue weighted by Crippen LogP contribution is -2.20. The number of amidine groups is 1. The van der Waals surface area contributed by atoms with Crippen LogP contribution >= 0.6 is 11.6 Å². The number of carbonyl (C=O) groups excluding carboxylic acids is 1. The van der Waals surface area contributed by atoms with Crippen LogP contribution in [0, 0.1) is 19.3 Å². The molecule has 2 rings (SSSR count). The number of amides is 1. The maximum absolute atomic E-state index is 11.4. The van der Waals surface area contributed by atoms with Crippen LogP contribution in [0.25, 0.3) is 0 Å². The molecule has 1 aliphatic heterocycles. The minimum atomic E-state index is -0.241. The number of hydrogen-bond acceptors (Lipinski definition) is 2. The van der Waals surface area contributed by atoms with Gasteiger partial charge in [0.25, 0.3) is 5.91 Å². The average molecular weight is 209 g/mol. The minimum Gasteiger partial charge on any atom is -0.306 e. The Labute approximate surface area is 86.6 Å². The summed E-state index contributed by atoms with van der Waals surface area (Å²) >= 11 is 6.07. The van der Waals surface area contributed by atoms with E-state index in [9.17, 15) is 4.79 Å². The predicted molar refractivity (Wildman–Crippen MR) is 55.2 cm³/mol. The van der Waals surface area contributed by atoms with Gasteiger partial charge in [-0.2, -0.15) is 0 Å². The van der Waals surface area contributed by atoms with Crippen LogP contribution in [0.1, 0.15) is 27.0 Å². The summed E-state index contributed by atoms with van der Waals surface area (Å²) in [5, 5.41) is 10.5. The molecule has 0 saturated carbocycles. The molecule has 0 atom stereocenters. The average Bonchev–Trinajstić information content (AvgIpc) is 2.38. The normalized spacial score (nSPS) is 14.2. The van der Waals surface area contributed by atoms with Gasteiger partial charge in [0.2, 0.25) is 0 Å². The van der Waals surface area contributed by atoms with Crippen LogP contribution in [0.15, 0.2) is 6.07 Å². The van der Waals surface area contributed by atoms with E-state index in [0.29, 0.717) is 16.1 Å². The van der Waals surface area contributed by atoms with Crippen LogP contribution in [-0.4, -0.2) is 11.7 Å². The first-order valence-corrected chi connectivity index (χ1v) is 4.60. The topological polar surface area (TPSA) is 53.0 Å². The van der Waals surface area contributed by atoms with Gasteiger partial charge in [-0.15, -0.1) is 0 Å². The van der Waals surface area contributed by atoms with Crippen molar-refractivity contribution in [1.82, 2.24) is 5.32 Å². The first-order valence-electron chi connectivity index (χ1n) is 4.22. The molecule has 0 bridgehead atoms. The maximum atomic E-state index is 11.4. The second-order valence-corrected chi connectivity index (χ2v) is 3.76. The Hall–Kier alpha value is -1.35. The van der Waals surface area contributed by atoms with Crippen molar-refractivity contribution in [3.63, 3.8) is 0 Å². The van der Waals surface area contributed by atoms with Gasteiger partial charge in [-0.1, -0.05) is 11.6 Å². The van der Waals surface area contributed by atoms with Gasteiger partial charge in [0.05, 0.1) is 10.6 Å². The molecule has 1 aromatic carbocycles. The minimum absolute atomic E-state index is 0.0955. The molecule has 72 valence electrons. The molecule has 0 unspecified atom stereocenters. The molecule has 0 radical (unpaired) electrons. The zero-order valence-corrected chi connectivity index (χ0v) is 8.62. The third kappa shape index (κ3) is 1.06. The Morgan fingerprint density at radius 3 is 2.71 bits per heavy atom. The molecule has 14 heavy (non-hydrogen) atoms. The van der Waals surface area contributed by atoms with Crippen LogP contribution in [0.4, 0.5) is 0 Å². The number of benzene rings is 1. The van der Waals surface area contributed by atoms with Gasteiger partial charge in [-0.25, -0.2) is 0 Å². The number of rotatable bonds is 0. The molecule has 0 saturated heterocycles. The molecule has 2 N–H and O–H groups in total. The van der Waals surface area contributed by atoms with Crippen molar-refractivity contribution in [3.8, 4) is 0 Å². The van der Waals surface area contributed by atoms with Gasteiger partial charge in [0, 0.05) is 5.56 Å². The van der Waals surface area contributed by atoms with E-state index in [0.717, 1.165) is 11.1 Å². The van der Waals surface area contributed by atoms with Gasteiger partial charge in [-0.05, 0) is 31.0 Å². The number of fused-ring (bicyclic) bond motifs is 1. The predicted octanol–water partition coefficient (Wildman–Crippen LogP) is 2.03. The van der Waals surface area contributed by atoms with Crippen LogP contribution in [0.3, 0.4) is 0 Å². The molecule has 1 aromatic rings. The number of hydrogen-bond donors (Lipinski definition) is 2. The lowest BCUT2D eigenvalue weighted by molar-refractivity contribution is 0.0983. The Bertz CT molecular complexity index is 466. The Kier molecular flexibility index (Phi) is 1.86. The molecule has 4 heteroatoms. The van der Waals surface area contributed by atoms with Crippen molar-refractivity contribution in [1.29, 1.82) is 5.41 Å². The fraction of sp³-hybridized carbons (Fsp3) is 0.200. The van der Waals surface area contributed by atoms with E-state index >= 15 is 0 Å². The largest absolute Gasteiger partial charge is 0.306 e. The Morgan fingerprint density at radius 1 is 1.43 bits per heavy atom. The van der Waals surface area contributed by atoms with E-state index in [4.69, 9.17) is 17.0 Å². The molecule has 0 aromatic heterocycles. The van der Waals surface area contributed by atoms with Crippen LogP contribution in [0.5, 0.6) is 0 Å². The maximum Gasteiger partial charge on any atom is 0.257 e. The van der Waals surface area contributed by atoms with Gasteiger partial charge in [0.15, 0.2) is 0 Å². The Morgan fingerprint density at radius 2 is 2.07 bits per heavy atom. The second kappa shape index (κ2) is 2.82. The van der Waals surface area contributed by atoms with E-state index in [1.165, 1.54) is 0 Å². The highest BCUT2D eigenvalue weighted by Crippen LogP contribution is 2.29. The summed E-state index contributed by atoms with van der Waals surface area (Å²) in [6.45, 7) is 3.78. The quantitative estimate of drug-likeness (QED) is 0.674. The molecule has 0 aliphatic carbocycles. The van der Waals surface area contributed by atoms with E-state index < -0.39 is 0 Å². The van der Waals surface area contributed by atoms with Gasteiger partial charge in [0.1, 0.15) is 5.84 Å². The SMILES string of the molecule is Cc1cc2c(c(Cl)c1C)C(=N)NC2=O. The van der Waals surface area contributed by atoms with E-state index in [-0.39, 0.29) is 11.7 Å². The number of nitrogens with one attached hydrogen (secondary N) is 2. The van der Waals surface area contributed by atoms with E-state index in [1.807, 2.05) is 13.8 Å². The van der Waals surface area contributed by atoms with E-state index in [2.05, 4.69) is 5.32 Å². The highest BCUT2D eigenvalue weighted by molar-refractivity contribution is 6.38. The zero-order chi connectivity index (χ0) is 10.5. The molecule has 1 aliphatic rings. The molecule has 0 spiro atoms. The molecule has 1 amide bonds. The van der Waals surface area contributed by atoms with Crippen molar-refractivity contribution in [2.75, 3.05) is 0 Å². The van der Waals surface area contributed by atoms with Crippen molar-refractivity contribution in [2.24, 2.45) is 0 Å². The summed E-state index contributed by atoms with van der Waals surface area (Å²) in [6.07, 6.45) is 0. The highest BCUT2D eigenvalue weighted by atomic mass is 35.5. The third-order valence-electron chi connectivity index (χ3n) is 2.50. The first kappa shape index (κ1) is 9.21. The second-order valence-electron chi connectivity index (χ2n) is 3.38. The van der Waals surface area contributed by atoms with Gasteiger partial charge < -0.3 is 5.32 Å². The highest BCUT2D eigenvalue weighted by Gasteiger charge is 2.27. The number of carbonyl (C=O) groups is 1. The van der Waals surface area contributed by atoms with Crippen molar-refractivity contribution in [3.05, 3.63) is 33.3 Å². The summed E-state index contributed by atoms with van der Waals surface area (Å²) in [5.74, 6) is -0.145. The molecule has 3 nitrogen and oxygen atoms in total. The van der Waals surface area contributed by atoms with Crippen LogP contribution in [-0.2, 0) is 0 Å². The molecule has 1 heterocycles. The molecule has 0 fully saturated rings. The summed E-state index contributed by atoms with van der Waals surface area (Å²) in [7, 11) is 0. The van der Waals surface area contributed by atoms with E-state index in [1.54, 1.807) is 6.07 Å². The van der Waals surface area contributed by atoms with Gasteiger partial charge >= 0.3 is 0 Å². The third-order valence-corrected chi connectivity index (χ3v) is 2.98. The van der Waals surface area contributed by atoms with Gasteiger partial charge in [-0.3, -0.25) is 10.2 Å². The smallest absolute Gasteiger partial charge is 0.257 e. The lowest BCUT2D eigenvalue weighted by Gasteiger charge is -2.06. The first-order chi connectivity index (χ1) is 6.52. The van der Waals surface area contributed by atoms with Crippen molar-refractivity contribution in [2.45, 2.75) is 13.8 Å². The van der Waals surface area contributed by atoms with Crippen LogP contribution in [0.2, 0.25) is 5.02 Å². The fourth-order valence-electron chi connectivity index (χ4n) is 1.54. The lowest BCUT2D eigenvalue weighted by atomic mass is 10.0. The Balaban J connectivity index is 2.82. The van der Waals surface area contributed by atoms with Crippen LogP contribution < -0.4 is 5.32 Å². The van der Waals surface area contributed by atoms with Crippen molar-refractivity contribution >= 4 is 23.3 Å². The molecular weight excluding hydrogens is 200 g/mol. The monoisotopic (exact) mass is 208 g/mol. The zero-order valence-electron chi connectivity index (χ0n) is 7.86. The van der Waals surface area contributed by atoms with Crippen molar-refractivity contribution < 1.29 is 4.79 Å². The number of halogens is 1.